The van der Waals surface area contributed by atoms with Gasteiger partial charge in [-0.1, -0.05) is 36.6 Å². The number of unbranched alkanes of at least 4 members (excludes halogenated alkanes) is 1. The van der Waals surface area contributed by atoms with Gasteiger partial charge in [0.1, 0.15) is 18.4 Å². The lowest BCUT2D eigenvalue weighted by atomic mass is 10.0. The highest BCUT2D eigenvalue weighted by Gasteiger charge is 2.36. The SMILES string of the molecule is C#CCOc1c2cc(C(N)=O)cc1CN(S(=O)(=O)c1ccccc1[N+](=O)[O-])CCCN(C(=O)[C@H](CO)NC(=O)[C@@H](N)CCCCN)CCCN(S(=O)(=O)c1ccccc1[N+](=O)[O-])C2. The largest absolute Gasteiger partial charge is 0.480 e. The molecule has 0 spiro atoms. The maximum Gasteiger partial charge on any atom is 0.289 e. The fourth-order valence-corrected chi connectivity index (χ4v) is 10.1. The summed E-state index contributed by atoms with van der Waals surface area (Å²) in [6.45, 7) is -3.72. The van der Waals surface area contributed by atoms with Crippen LogP contribution in [0.5, 0.6) is 5.75 Å². The molecule has 0 radical (unpaired) electrons. The summed E-state index contributed by atoms with van der Waals surface area (Å²) in [5.41, 5.74) is 15.4. The minimum atomic E-state index is -4.83. The van der Waals surface area contributed by atoms with Crippen LogP contribution in [-0.4, -0.2) is 121 Å². The van der Waals surface area contributed by atoms with Crippen LogP contribution in [0.1, 0.15) is 53.6 Å². The lowest BCUT2D eigenvalue weighted by Gasteiger charge is -2.31. The highest BCUT2D eigenvalue weighted by atomic mass is 32.2. The van der Waals surface area contributed by atoms with Crippen LogP contribution in [0.15, 0.2) is 70.5 Å². The summed E-state index contributed by atoms with van der Waals surface area (Å²) in [7, 11) is -9.67. The maximum absolute atomic E-state index is 14.5. The number of primary amides is 1. The first-order chi connectivity index (χ1) is 29.9. The summed E-state index contributed by atoms with van der Waals surface area (Å²) in [6.07, 6.45) is 6.48. The van der Waals surface area contributed by atoms with E-state index in [2.05, 4.69) is 11.2 Å². The van der Waals surface area contributed by atoms with E-state index in [0.717, 1.165) is 32.9 Å². The van der Waals surface area contributed by atoms with E-state index in [1.54, 1.807) is 0 Å². The number of nitro benzene ring substituents is 2. The number of carbonyl (C=O) groups is 3. The normalized spacial score (nSPS) is 15.6. The quantitative estimate of drug-likeness (QED) is 0.0534. The summed E-state index contributed by atoms with van der Waals surface area (Å²) < 4.78 is 65.6. The number of benzene rings is 3. The molecule has 8 N–H and O–H groups in total. The average molecular weight is 916 g/mol. The summed E-state index contributed by atoms with van der Waals surface area (Å²) in [4.78, 5) is 62.0. The number of aliphatic hydroxyl groups is 1. The first-order valence-electron chi connectivity index (χ1n) is 19.5. The average Bonchev–Trinajstić information content (AvgIpc) is 3.25. The van der Waals surface area contributed by atoms with Gasteiger partial charge in [0.05, 0.1) is 22.5 Å². The van der Waals surface area contributed by atoms with Crippen molar-refractivity contribution in [2.45, 2.75) is 67.1 Å². The number of hydrogen-bond acceptors (Lipinski definition) is 15. The van der Waals surface area contributed by atoms with E-state index in [1.807, 2.05) is 0 Å². The number of para-hydroxylation sites is 2. The molecule has 3 aromatic rings. The first-order valence-corrected chi connectivity index (χ1v) is 22.4. The topological polar surface area (TPSA) is 335 Å². The number of nitrogens with two attached hydrogens (primary N) is 3. The van der Waals surface area contributed by atoms with E-state index >= 15 is 0 Å². The Kier molecular flexibility index (Phi) is 17.6. The van der Waals surface area contributed by atoms with Crippen molar-refractivity contribution in [1.29, 1.82) is 0 Å². The molecule has 2 bridgehead atoms. The van der Waals surface area contributed by atoms with Crippen LogP contribution in [0.3, 0.4) is 0 Å². The van der Waals surface area contributed by atoms with Gasteiger partial charge in [-0.25, -0.2) is 16.8 Å². The second-order valence-corrected chi connectivity index (χ2v) is 18.1. The molecule has 340 valence electrons. The van der Waals surface area contributed by atoms with Gasteiger partial charge in [0.2, 0.25) is 37.8 Å². The Morgan fingerprint density at radius 3 is 1.78 bits per heavy atom. The Morgan fingerprint density at radius 1 is 0.857 bits per heavy atom. The molecule has 0 saturated carbocycles. The van der Waals surface area contributed by atoms with Crippen molar-refractivity contribution in [1.82, 2.24) is 18.8 Å². The molecule has 0 saturated heterocycles. The first kappa shape index (κ1) is 49.6. The molecule has 3 aromatic carbocycles. The number of amides is 3. The molecule has 0 fully saturated rings. The number of aliphatic hydroxyl groups excluding tert-OH is 1. The Hall–Kier alpha value is -6.07. The molecule has 0 unspecified atom stereocenters. The van der Waals surface area contributed by atoms with E-state index in [-0.39, 0.29) is 54.8 Å². The van der Waals surface area contributed by atoms with Crippen LogP contribution in [-0.2, 0) is 42.7 Å². The third kappa shape index (κ3) is 12.3. The van der Waals surface area contributed by atoms with E-state index in [1.165, 1.54) is 41.3 Å². The molecule has 1 aliphatic rings. The van der Waals surface area contributed by atoms with Crippen LogP contribution < -0.4 is 27.3 Å². The van der Waals surface area contributed by atoms with E-state index in [4.69, 9.17) is 28.4 Å². The molecule has 4 rings (SSSR count). The smallest absolute Gasteiger partial charge is 0.289 e. The fraction of sp³-hybridized carbons (Fsp3) is 0.410. The lowest BCUT2D eigenvalue weighted by Crippen LogP contribution is -2.54. The van der Waals surface area contributed by atoms with E-state index in [9.17, 15) is 56.6 Å². The van der Waals surface area contributed by atoms with Crippen molar-refractivity contribution in [2.24, 2.45) is 17.2 Å². The minimum Gasteiger partial charge on any atom is -0.480 e. The molecule has 2 atom stereocenters. The van der Waals surface area contributed by atoms with Gasteiger partial charge in [-0.2, -0.15) is 8.61 Å². The second-order valence-electron chi connectivity index (χ2n) is 14.3. The number of hydrogen-bond donors (Lipinski definition) is 5. The van der Waals surface area contributed by atoms with Crippen molar-refractivity contribution in [2.75, 3.05) is 45.9 Å². The number of nitrogens with zero attached hydrogens (tertiary/aromatic N) is 5. The molecule has 22 nitrogen and oxygen atoms in total. The van der Waals surface area contributed by atoms with Gasteiger partial charge in [-0.3, -0.25) is 34.6 Å². The van der Waals surface area contributed by atoms with Crippen molar-refractivity contribution in [3.05, 3.63) is 97.6 Å². The van der Waals surface area contributed by atoms with Crippen molar-refractivity contribution in [3.8, 4) is 18.1 Å². The zero-order valence-electron chi connectivity index (χ0n) is 34.0. The van der Waals surface area contributed by atoms with Gasteiger partial charge >= 0.3 is 0 Å². The van der Waals surface area contributed by atoms with E-state index in [0.29, 0.717) is 19.4 Å². The van der Waals surface area contributed by atoms with Gasteiger partial charge in [-0.15, -0.1) is 6.42 Å². The number of ether oxygens (including phenoxy) is 1. The summed E-state index contributed by atoms with van der Waals surface area (Å²) in [5, 5.41) is 36.9. The number of carbonyl (C=O) groups excluding carboxylic acids is 3. The Bertz CT molecular complexity index is 2320. The van der Waals surface area contributed by atoms with Crippen molar-refractivity contribution >= 4 is 49.1 Å². The summed E-state index contributed by atoms with van der Waals surface area (Å²) in [5.74, 6) is -0.492. The molecule has 24 heteroatoms. The molecule has 1 aliphatic heterocycles. The molecular formula is C39H49N9O13S2. The molecule has 3 amide bonds. The van der Waals surface area contributed by atoms with Crippen molar-refractivity contribution < 1.29 is 50.9 Å². The zero-order valence-corrected chi connectivity index (χ0v) is 35.7. The number of rotatable bonds is 17. The third-order valence-corrected chi connectivity index (χ3v) is 13.8. The van der Waals surface area contributed by atoms with Gasteiger partial charge in [0, 0.05) is 68.1 Å². The van der Waals surface area contributed by atoms with Gasteiger partial charge in [0.25, 0.3) is 11.4 Å². The Labute approximate surface area is 363 Å². The molecule has 0 aliphatic carbocycles. The minimum absolute atomic E-state index is 0.0717. The zero-order chi connectivity index (χ0) is 46.5. The number of terminal acetylenes is 1. The van der Waals surface area contributed by atoms with Crippen LogP contribution >= 0.6 is 0 Å². The molecule has 1 heterocycles. The number of nitrogens with one attached hydrogen (secondary N) is 1. The Balaban J connectivity index is 1.93. The molecule has 63 heavy (non-hydrogen) atoms. The lowest BCUT2D eigenvalue weighted by molar-refractivity contribution is -0.388. The number of fused-ring (bicyclic) bond motifs is 2. The third-order valence-electron chi connectivity index (χ3n) is 9.97. The Morgan fingerprint density at radius 2 is 1.35 bits per heavy atom. The summed E-state index contributed by atoms with van der Waals surface area (Å²) >= 11 is 0. The fourth-order valence-electron chi connectivity index (χ4n) is 6.84. The van der Waals surface area contributed by atoms with Crippen LogP contribution in [0.25, 0.3) is 0 Å². The number of nitro groups is 2. The van der Waals surface area contributed by atoms with E-state index < -0.39 is 120 Å². The number of sulfonamides is 2. The van der Waals surface area contributed by atoms with Crippen molar-refractivity contribution in [3.63, 3.8) is 0 Å². The standard InChI is InChI=1S/C39H49N9O13S2/c1-2-21-61-36-28-22-27(37(42)50)23-29(36)25-46(63(59,60)35-15-6-4-13-33(35)48(55)56)20-10-18-44(39(52)31(26-49)43-38(51)30(41)11-7-8-16-40)17-9-19-45(24-28)62(57,58)34-14-5-3-12-32(34)47(53)54/h1,3-6,12-15,22-23,30-31,49H,7-11,16-21,24-26,40-41H2,(H2,42,50)(H,43,51)/t30-,31-/m0/s1. The highest BCUT2D eigenvalue weighted by molar-refractivity contribution is 7.89. The molecule has 0 aromatic heterocycles. The predicted octanol–water partition coefficient (Wildman–Crippen LogP) is 0.552. The van der Waals surface area contributed by atoms with Gasteiger partial charge in [-0.05, 0) is 56.5 Å². The van der Waals surface area contributed by atoms with Crippen LogP contribution in [0, 0.1) is 32.6 Å². The monoisotopic (exact) mass is 915 g/mol. The second kappa shape index (κ2) is 22.3. The summed E-state index contributed by atoms with van der Waals surface area (Å²) in [6, 6.07) is 8.90. The highest BCUT2D eigenvalue weighted by Crippen LogP contribution is 2.35. The van der Waals surface area contributed by atoms with Crippen LogP contribution in [0.2, 0.25) is 0 Å². The van der Waals surface area contributed by atoms with Crippen LogP contribution in [0.4, 0.5) is 11.4 Å². The molecular weight excluding hydrogens is 867 g/mol. The maximum atomic E-state index is 14.5. The van der Waals surface area contributed by atoms with Gasteiger partial charge < -0.3 is 37.3 Å². The predicted molar refractivity (Wildman–Crippen MR) is 226 cm³/mol. The van der Waals surface area contributed by atoms with Gasteiger partial charge in [0.15, 0.2) is 9.79 Å².